The topological polar surface area (TPSA) is 30.7 Å². The van der Waals surface area contributed by atoms with Gasteiger partial charge in [0.2, 0.25) is 0 Å². The summed E-state index contributed by atoms with van der Waals surface area (Å²) in [5.74, 6) is -3.85. The van der Waals surface area contributed by atoms with Crippen molar-refractivity contribution in [3.63, 3.8) is 0 Å². The number of halogens is 5. The Bertz CT molecular complexity index is 825. The molecular formula is C13H6Cl2F3N3. The molecule has 8 heteroatoms. The van der Waals surface area contributed by atoms with Crippen LogP contribution in [0.2, 0.25) is 5.02 Å². The van der Waals surface area contributed by atoms with Gasteiger partial charge in [-0.15, -0.1) is 11.6 Å². The first kappa shape index (κ1) is 14.2. The first-order valence-corrected chi connectivity index (χ1v) is 6.66. The molecule has 2 heterocycles. The van der Waals surface area contributed by atoms with E-state index < -0.39 is 17.5 Å². The number of benzene rings is 1. The van der Waals surface area contributed by atoms with Crippen LogP contribution in [0.25, 0.3) is 16.9 Å². The highest BCUT2D eigenvalue weighted by Gasteiger charge is 2.17. The van der Waals surface area contributed by atoms with Gasteiger partial charge in [0.15, 0.2) is 23.1 Å². The average Bonchev–Trinajstić information content (AvgIpc) is 2.81. The molecule has 0 radical (unpaired) electrons. The van der Waals surface area contributed by atoms with E-state index in [9.17, 15) is 13.2 Å². The number of nitrogens with zero attached hydrogens (tertiary/aromatic N) is 3. The van der Waals surface area contributed by atoms with E-state index in [1.54, 1.807) is 6.07 Å². The number of pyridine rings is 1. The summed E-state index contributed by atoms with van der Waals surface area (Å²) in [6, 6.07) is 3.25. The van der Waals surface area contributed by atoms with Gasteiger partial charge in [0.1, 0.15) is 11.3 Å². The molecule has 3 nitrogen and oxygen atoms in total. The van der Waals surface area contributed by atoms with Crippen molar-refractivity contribution < 1.29 is 13.2 Å². The molecule has 0 aliphatic carbocycles. The van der Waals surface area contributed by atoms with Crippen molar-refractivity contribution in [2.75, 3.05) is 0 Å². The Morgan fingerprint density at radius 1 is 1.10 bits per heavy atom. The molecule has 2 aromatic heterocycles. The third kappa shape index (κ3) is 2.34. The Balaban J connectivity index is 2.33. The van der Waals surface area contributed by atoms with E-state index in [4.69, 9.17) is 23.2 Å². The molecule has 0 saturated heterocycles. The molecule has 3 rings (SSSR count). The second-order valence-corrected chi connectivity index (χ2v) is 4.92. The molecule has 0 unspecified atom stereocenters. The Morgan fingerprint density at radius 3 is 2.38 bits per heavy atom. The van der Waals surface area contributed by atoms with Gasteiger partial charge in [0.05, 0.1) is 16.6 Å². The Kier molecular flexibility index (Phi) is 3.51. The first-order chi connectivity index (χ1) is 10.0. The van der Waals surface area contributed by atoms with E-state index in [-0.39, 0.29) is 11.6 Å². The molecule has 0 aliphatic heterocycles. The molecule has 108 valence electrons. The summed E-state index contributed by atoms with van der Waals surface area (Å²) in [7, 11) is 0. The van der Waals surface area contributed by atoms with Crippen LogP contribution >= 0.6 is 23.2 Å². The highest BCUT2D eigenvalue weighted by atomic mass is 35.5. The molecule has 0 spiro atoms. The fourth-order valence-electron chi connectivity index (χ4n) is 2.02. The lowest BCUT2D eigenvalue weighted by Crippen LogP contribution is -2.03. The van der Waals surface area contributed by atoms with Crippen molar-refractivity contribution in [2.45, 2.75) is 5.88 Å². The quantitative estimate of drug-likeness (QED) is 0.519. The van der Waals surface area contributed by atoms with E-state index in [1.807, 2.05) is 0 Å². The van der Waals surface area contributed by atoms with Crippen molar-refractivity contribution >= 4 is 34.4 Å². The van der Waals surface area contributed by atoms with Crippen LogP contribution in [0.4, 0.5) is 13.2 Å². The first-order valence-electron chi connectivity index (χ1n) is 5.75. The third-order valence-electron chi connectivity index (χ3n) is 2.88. The van der Waals surface area contributed by atoms with Crippen LogP contribution in [0.3, 0.4) is 0 Å². The van der Waals surface area contributed by atoms with Gasteiger partial charge in [-0.2, -0.15) is 0 Å². The summed E-state index contributed by atoms with van der Waals surface area (Å²) < 4.78 is 41.2. The maximum atomic E-state index is 13.4. The summed E-state index contributed by atoms with van der Waals surface area (Å²) in [5.41, 5.74) is 0.781. The molecule has 0 bridgehead atoms. The minimum absolute atomic E-state index is 0.0193. The number of aromatic nitrogens is 3. The zero-order chi connectivity index (χ0) is 15.1. The van der Waals surface area contributed by atoms with Crippen LogP contribution in [0.1, 0.15) is 5.82 Å². The van der Waals surface area contributed by atoms with Gasteiger partial charge in [0, 0.05) is 18.3 Å². The SMILES string of the molecule is Fc1cc(-n2c(CCl)nc3cc(Cl)cnc32)cc(F)c1F. The number of hydrogen-bond donors (Lipinski definition) is 0. The van der Waals surface area contributed by atoms with Crippen molar-refractivity contribution in [2.24, 2.45) is 0 Å². The highest BCUT2D eigenvalue weighted by Crippen LogP contribution is 2.25. The molecule has 0 atom stereocenters. The third-order valence-corrected chi connectivity index (χ3v) is 3.33. The molecule has 0 N–H and O–H groups in total. The van der Waals surface area contributed by atoms with E-state index in [1.165, 1.54) is 10.8 Å². The minimum Gasteiger partial charge on any atom is -0.279 e. The van der Waals surface area contributed by atoms with Gasteiger partial charge < -0.3 is 0 Å². The number of fused-ring (bicyclic) bond motifs is 1. The van der Waals surface area contributed by atoms with Crippen LogP contribution in [0.15, 0.2) is 24.4 Å². The lowest BCUT2D eigenvalue weighted by atomic mass is 10.2. The van der Waals surface area contributed by atoms with E-state index in [2.05, 4.69) is 9.97 Å². The Morgan fingerprint density at radius 2 is 1.76 bits per heavy atom. The molecule has 0 amide bonds. The van der Waals surface area contributed by atoms with Crippen LogP contribution in [-0.2, 0) is 5.88 Å². The molecule has 0 saturated carbocycles. The summed E-state index contributed by atoms with van der Waals surface area (Å²) in [6.07, 6.45) is 1.37. The predicted octanol–water partition coefficient (Wildman–Crippen LogP) is 4.23. The molecule has 0 aliphatic rings. The average molecular weight is 332 g/mol. The lowest BCUT2D eigenvalue weighted by molar-refractivity contribution is 0.446. The van der Waals surface area contributed by atoms with Crippen LogP contribution in [0.5, 0.6) is 0 Å². The summed E-state index contributed by atoms with van der Waals surface area (Å²) in [5, 5.41) is 0.365. The largest absolute Gasteiger partial charge is 0.279 e. The van der Waals surface area contributed by atoms with E-state index in [0.717, 1.165) is 12.1 Å². The van der Waals surface area contributed by atoms with Gasteiger partial charge in [-0.3, -0.25) is 4.57 Å². The fraction of sp³-hybridized carbons (Fsp3) is 0.0769. The predicted molar refractivity (Wildman–Crippen MR) is 73.3 cm³/mol. The summed E-state index contributed by atoms with van der Waals surface area (Å²) in [4.78, 5) is 8.27. The summed E-state index contributed by atoms with van der Waals surface area (Å²) in [6.45, 7) is 0. The van der Waals surface area contributed by atoms with Crippen molar-refractivity contribution in [3.8, 4) is 5.69 Å². The van der Waals surface area contributed by atoms with Gasteiger partial charge >= 0.3 is 0 Å². The smallest absolute Gasteiger partial charge is 0.194 e. The van der Waals surface area contributed by atoms with Gasteiger partial charge in [-0.05, 0) is 6.07 Å². The monoisotopic (exact) mass is 331 g/mol. The van der Waals surface area contributed by atoms with Crippen molar-refractivity contribution in [1.29, 1.82) is 0 Å². The number of alkyl halides is 1. The van der Waals surface area contributed by atoms with Crippen molar-refractivity contribution in [3.05, 3.63) is 52.7 Å². The number of rotatable bonds is 2. The zero-order valence-corrected chi connectivity index (χ0v) is 11.8. The number of imidazole rings is 1. The van der Waals surface area contributed by atoms with Crippen LogP contribution in [-0.4, -0.2) is 14.5 Å². The lowest BCUT2D eigenvalue weighted by Gasteiger charge is -2.08. The highest BCUT2D eigenvalue weighted by molar-refractivity contribution is 6.31. The minimum atomic E-state index is -1.54. The normalized spacial score (nSPS) is 11.3. The van der Waals surface area contributed by atoms with E-state index >= 15 is 0 Å². The van der Waals surface area contributed by atoms with Gasteiger partial charge in [-0.25, -0.2) is 23.1 Å². The molecule has 21 heavy (non-hydrogen) atoms. The van der Waals surface area contributed by atoms with Gasteiger partial charge in [-0.1, -0.05) is 11.6 Å². The standard InChI is InChI=1S/C13H6Cl2F3N3/c14-4-11-20-10-1-6(15)5-19-13(10)21(11)7-2-8(16)12(18)9(17)3-7/h1-3,5H,4H2. The van der Waals surface area contributed by atoms with Crippen molar-refractivity contribution in [1.82, 2.24) is 14.5 Å². The zero-order valence-electron chi connectivity index (χ0n) is 10.2. The molecule has 1 aromatic carbocycles. The van der Waals surface area contributed by atoms with Gasteiger partial charge in [0.25, 0.3) is 0 Å². The molecular weight excluding hydrogens is 326 g/mol. The molecule has 3 aromatic rings. The van der Waals surface area contributed by atoms with Crippen LogP contribution in [0, 0.1) is 17.5 Å². The maximum absolute atomic E-state index is 13.4. The second kappa shape index (κ2) is 5.20. The Hall–Kier alpha value is -1.79. The summed E-state index contributed by atoms with van der Waals surface area (Å²) >= 11 is 11.6. The second-order valence-electron chi connectivity index (χ2n) is 4.22. The maximum Gasteiger partial charge on any atom is 0.194 e. The van der Waals surface area contributed by atoms with Crippen LogP contribution < -0.4 is 0 Å². The molecule has 0 fully saturated rings. The Labute approximate surface area is 126 Å². The number of hydrogen-bond acceptors (Lipinski definition) is 2. The van der Waals surface area contributed by atoms with E-state index in [0.29, 0.717) is 22.0 Å². The fourth-order valence-corrected chi connectivity index (χ4v) is 2.35.